The van der Waals surface area contributed by atoms with E-state index >= 15 is 0 Å². The van der Waals surface area contributed by atoms with Crippen molar-refractivity contribution < 1.29 is 9.59 Å². The Morgan fingerprint density at radius 1 is 0.885 bits per heavy atom. The van der Waals surface area contributed by atoms with E-state index in [-0.39, 0.29) is 11.7 Å². The van der Waals surface area contributed by atoms with Gasteiger partial charge in [-0.3, -0.25) is 14.5 Å². The minimum atomic E-state index is 0.0705. The predicted octanol–water partition coefficient (Wildman–Crippen LogP) is 3.54. The Bertz CT molecular complexity index is 764. The standard InChI is InChI=1S/C21H23ClN2O2/c1-16(25)18-4-2-17(3-5-18)10-11-23-12-14-24(15-13-23)21(26)19-6-8-20(22)9-7-19/h2-9H,10-15H2,1H3. The Kier molecular flexibility index (Phi) is 6.07. The highest BCUT2D eigenvalue weighted by Gasteiger charge is 2.21. The summed E-state index contributed by atoms with van der Waals surface area (Å²) >= 11 is 5.88. The molecule has 0 aromatic heterocycles. The van der Waals surface area contributed by atoms with Crippen LogP contribution in [0, 0.1) is 0 Å². The number of Topliss-reactive ketones (excluding diaryl/α,β-unsaturated/α-hetero) is 1. The lowest BCUT2D eigenvalue weighted by Crippen LogP contribution is -2.49. The maximum atomic E-state index is 12.5. The average molecular weight is 371 g/mol. The van der Waals surface area contributed by atoms with Crippen LogP contribution in [0.25, 0.3) is 0 Å². The van der Waals surface area contributed by atoms with Gasteiger partial charge in [-0.1, -0.05) is 35.9 Å². The van der Waals surface area contributed by atoms with E-state index in [2.05, 4.69) is 4.90 Å². The lowest BCUT2D eigenvalue weighted by atomic mass is 10.1. The van der Waals surface area contributed by atoms with Gasteiger partial charge < -0.3 is 4.90 Å². The van der Waals surface area contributed by atoms with Crippen molar-refractivity contribution in [3.63, 3.8) is 0 Å². The molecule has 1 amide bonds. The van der Waals surface area contributed by atoms with Crippen LogP contribution in [0.4, 0.5) is 0 Å². The first-order valence-electron chi connectivity index (χ1n) is 8.90. The number of nitrogens with zero attached hydrogens (tertiary/aromatic N) is 2. The van der Waals surface area contributed by atoms with Gasteiger partial charge in [-0.05, 0) is 43.2 Å². The van der Waals surface area contributed by atoms with E-state index in [1.54, 1.807) is 31.2 Å². The monoisotopic (exact) mass is 370 g/mol. The molecule has 2 aromatic rings. The molecular formula is C21H23ClN2O2. The Labute approximate surface area is 159 Å². The third-order valence-corrected chi connectivity index (χ3v) is 5.08. The summed E-state index contributed by atoms with van der Waals surface area (Å²) in [7, 11) is 0. The van der Waals surface area contributed by atoms with Crippen LogP contribution < -0.4 is 0 Å². The lowest BCUT2D eigenvalue weighted by Gasteiger charge is -2.34. The predicted molar refractivity (Wildman–Crippen MR) is 104 cm³/mol. The molecule has 0 N–H and O–H groups in total. The molecule has 0 radical (unpaired) electrons. The molecule has 5 heteroatoms. The van der Waals surface area contributed by atoms with Crippen molar-refractivity contribution >= 4 is 23.3 Å². The fourth-order valence-corrected chi connectivity index (χ4v) is 3.27. The third kappa shape index (κ3) is 4.71. The summed E-state index contributed by atoms with van der Waals surface area (Å²) in [6.07, 6.45) is 0.948. The number of ketones is 1. The largest absolute Gasteiger partial charge is 0.336 e. The molecule has 26 heavy (non-hydrogen) atoms. The lowest BCUT2D eigenvalue weighted by molar-refractivity contribution is 0.0638. The van der Waals surface area contributed by atoms with E-state index in [0.29, 0.717) is 10.6 Å². The van der Waals surface area contributed by atoms with Crippen LogP contribution in [-0.2, 0) is 6.42 Å². The summed E-state index contributed by atoms with van der Waals surface area (Å²) in [6.45, 7) is 5.79. The molecule has 1 saturated heterocycles. The van der Waals surface area contributed by atoms with Gasteiger partial charge in [0.25, 0.3) is 5.91 Å². The number of carbonyl (C=O) groups is 2. The van der Waals surface area contributed by atoms with Gasteiger partial charge in [0.05, 0.1) is 0 Å². The molecule has 1 aliphatic rings. The number of carbonyl (C=O) groups excluding carboxylic acids is 2. The maximum Gasteiger partial charge on any atom is 0.253 e. The molecule has 0 bridgehead atoms. The first-order chi connectivity index (χ1) is 12.5. The summed E-state index contributed by atoms with van der Waals surface area (Å²) in [6, 6.07) is 14.9. The number of rotatable bonds is 5. The second-order valence-electron chi connectivity index (χ2n) is 6.64. The summed E-state index contributed by atoms with van der Waals surface area (Å²) in [5, 5.41) is 0.641. The van der Waals surface area contributed by atoms with Crippen LogP contribution in [0.3, 0.4) is 0 Å². The molecule has 0 unspecified atom stereocenters. The number of hydrogen-bond acceptors (Lipinski definition) is 3. The van der Waals surface area contributed by atoms with Gasteiger partial charge in [0.2, 0.25) is 0 Å². The average Bonchev–Trinajstić information content (AvgIpc) is 2.67. The van der Waals surface area contributed by atoms with E-state index in [0.717, 1.165) is 44.7 Å². The smallest absolute Gasteiger partial charge is 0.253 e. The van der Waals surface area contributed by atoms with Crippen LogP contribution in [0.2, 0.25) is 5.02 Å². The Hall–Kier alpha value is -2.17. The molecule has 2 aromatic carbocycles. The van der Waals surface area contributed by atoms with E-state index in [4.69, 9.17) is 11.6 Å². The summed E-state index contributed by atoms with van der Waals surface area (Å²) in [5.74, 6) is 0.166. The Morgan fingerprint density at radius 3 is 2.04 bits per heavy atom. The molecule has 1 fully saturated rings. The number of benzene rings is 2. The third-order valence-electron chi connectivity index (χ3n) is 4.83. The van der Waals surface area contributed by atoms with E-state index in [9.17, 15) is 9.59 Å². The van der Waals surface area contributed by atoms with Gasteiger partial charge in [-0.15, -0.1) is 0 Å². The van der Waals surface area contributed by atoms with E-state index < -0.39 is 0 Å². The quantitative estimate of drug-likeness (QED) is 0.756. The van der Waals surface area contributed by atoms with Crippen molar-refractivity contribution in [3.8, 4) is 0 Å². The van der Waals surface area contributed by atoms with Crippen molar-refractivity contribution in [2.75, 3.05) is 32.7 Å². The fourth-order valence-electron chi connectivity index (χ4n) is 3.14. The molecule has 1 heterocycles. The maximum absolute atomic E-state index is 12.5. The number of amides is 1. The summed E-state index contributed by atoms with van der Waals surface area (Å²) in [4.78, 5) is 28.1. The molecule has 0 saturated carbocycles. The van der Waals surface area contributed by atoms with Gasteiger partial charge in [-0.25, -0.2) is 0 Å². The van der Waals surface area contributed by atoms with Crippen molar-refractivity contribution in [2.45, 2.75) is 13.3 Å². The molecule has 0 spiro atoms. The minimum absolute atomic E-state index is 0.0705. The van der Waals surface area contributed by atoms with Crippen LogP contribution in [0.1, 0.15) is 33.2 Å². The molecule has 1 aliphatic heterocycles. The Morgan fingerprint density at radius 2 is 1.46 bits per heavy atom. The summed E-state index contributed by atoms with van der Waals surface area (Å²) < 4.78 is 0. The SMILES string of the molecule is CC(=O)c1ccc(CCN2CCN(C(=O)c3ccc(Cl)cc3)CC2)cc1. The highest BCUT2D eigenvalue weighted by Crippen LogP contribution is 2.14. The minimum Gasteiger partial charge on any atom is -0.336 e. The second kappa shape index (κ2) is 8.47. The molecule has 3 rings (SSSR count). The first-order valence-corrected chi connectivity index (χ1v) is 9.28. The molecular weight excluding hydrogens is 348 g/mol. The van der Waals surface area contributed by atoms with Crippen LogP contribution in [-0.4, -0.2) is 54.2 Å². The van der Waals surface area contributed by atoms with Crippen LogP contribution in [0.5, 0.6) is 0 Å². The highest BCUT2D eigenvalue weighted by molar-refractivity contribution is 6.30. The molecule has 136 valence electrons. The van der Waals surface area contributed by atoms with Crippen molar-refractivity contribution in [1.29, 1.82) is 0 Å². The van der Waals surface area contributed by atoms with Gasteiger partial charge >= 0.3 is 0 Å². The molecule has 0 aliphatic carbocycles. The van der Waals surface area contributed by atoms with E-state index in [1.807, 2.05) is 29.2 Å². The van der Waals surface area contributed by atoms with Crippen LogP contribution in [0.15, 0.2) is 48.5 Å². The van der Waals surface area contributed by atoms with Crippen LogP contribution >= 0.6 is 11.6 Å². The summed E-state index contributed by atoms with van der Waals surface area (Å²) in [5.41, 5.74) is 2.67. The number of halogens is 1. The van der Waals surface area contributed by atoms with Crippen molar-refractivity contribution in [1.82, 2.24) is 9.80 Å². The zero-order valence-corrected chi connectivity index (χ0v) is 15.7. The topological polar surface area (TPSA) is 40.6 Å². The molecule has 0 atom stereocenters. The zero-order valence-electron chi connectivity index (χ0n) is 15.0. The van der Waals surface area contributed by atoms with Gasteiger partial charge in [0.15, 0.2) is 5.78 Å². The normalized spacial score (nSPS) is 15.1. The molecule has 4 nitrogen and oxygen atoms in total. The van der Waals surface area contributed by atoms with Gasteiger partial charge in [0, 0.05) is 48.9 Å². The fraction of sp³-hybridized carbons (Fsp3) is 0.333. The van der Waals surface area contributed by atoms with Crippen molar-refractivity contribution in [2.24, 2.45) is 0 Å². The van der Waals surface area contributed by atoms with Gasteiger partial charge in [-0.2, -0.15) is 0 Å². The second-order valence-corrected chi connectivity index (χ2v) is 7.08. The number of piperazine rings is 1. The highest BCUT2D eigenvalue weighted by atomic mass is 35.5. The van der Waals surface area contributed by atoms with E-state index in [1.165, 1.54) is 5.56 Å². The Balaban J connectivity index is 1.47. The van der Waals surface area contributed by atoms with Gasteiger partial charge in [0.1, 0.15) is 0 Å². The first kappa shape index (κ1) is 18.6. The van der Waals surface area contributed by atoms with Crippen molar-refractivity contribution in [3.05, 3.63) is 70.2 Å². The zero-order chi connectivity index (χ0) is 18.5. The number of hydrogen-bond donors (Lipinski definition) is 0.